The predicted molar refractivity (Wildman–Crippen MR) is 80.8 cm³/mol. The van der Waals surface area contributed by atoms with E-state index in [0.29, 0.717) is 0 Å². The van der Waals surface area contributed by atoms with E-state index in [-0.39, 0.29) is 0 Å². The van der Waals surface area contributed by atoms with E-state index in [0.717, 1.165) is 21.2 Å². The molecule has 0 spiro atoms. The first-order chi connectivity index (χ1) is 8.85. The number of thiophene rings is 1. The molecule has 4 nitrogen and oxygen atoms in total. The van der Waals surface area contributed by atoms with E-state index in [4.69, 9.17) is 0 Å². The lowest BCUT2D eigenvalue weighted by atomic mass is 10.4. The molecular formula is C11H10N4S3. The van der Waals surface area contributed by atoms with Crippen molar-refractivity contribution in [3.05, 3.63) is 29.8 Å². The highest BCUT2D eigenvalue weighted by Crippen LogP contribution is 2.29. The van der Waals surface area contributed by atoms with E-state index in [9.17, 15) is 0 Å². The third-order valence-electron chi connectivity index (χ3n) is 2.23. The molecule has 2 N–H and O–H groups in total. The molecule has 0 bridgehead atoms. The largest absolute Gasteiger partial charge is 0.365 e. The van der Waals surface area contributed by atoms with Crippen molar-refractivity contribution in [2.45, 2.75) is 4.21 Å². The van der Waals surface area contributed by atoms with Crippen molar-refractivity contribution in [1.82, 2.24) is 9.97 Å². The molecule has 3 rings (SSSR count). The number of nitrogens with one attached hydrogen (secondary N) is 2. The quantitative estimate of drug-likeness (QED) is 0.714. The standard InChI is InChI=1S/C11H10N4S3/c1-12-11-14-10-8(17-11)5-7(6-13-10)15-18-9-3-2-4-16-9/h2-6,15H,1H3,(H,12,13,14). The number of pyridine rings is 1. The van der Waals surface area contributed by atoms with E-state index in [1.165, 1.54) is 4.21 Å². The fourth-order valence-electron chi connectivity index (χ4n) is 1.41. The lowest BCUT2D eigenvalue weighted by molar-refractivity contribution is 1.31. The van der Waals surface area contributed by atoms with Gasteiger partial charge in [-0.25, -0.2) is 9.97 Å². The Morgan fingerprint density at radius 3 is 3.11 bits per heavy atom. The molecule has 3 aromatic heterocycles. The minimum Gasteiger partial charge on any atom is -0.365 e. The first-order valence-corrected chi connectivity index (χ1v) is 7.77. The normalized spacial score (nSPS) is 10.7. The summed E-state index contributed by atoms with van der Waals surface area (Å²) in [6.07, 6.45) is 1.81. The molecule has 3 aromatic rings. The number of hydrogen-bond donors (Lipinski definition) is 2. The summed E-state index contributed by atoms with van der Waals surface area (Å²) in [5.74, 6) is 0. The van der Waals surface area contributed by atoms with Gasteiger partial charge in [-0.05, 0) is 29.5 Å². The summed E-state index contributed by atoms with van der Waals surface area (Å²) in [7, 11) is 1.86. The van der Waals surface area contributed by atoms with Gasteiger partial charge in [0, 0.05) is 7.05 Å². The molecule has 0 aromatic carbocycles. The van der Waals surface area contributed by atoms with Gasteiger partial charge in [-0.1, -0.05) is 17.4 Å². The monoisotopic (exact) mass is 294 g/mol. The van der Waals surface area contributed by atoms with Gasteiger partial charge in [0.15, 0.2) is 10.8 Å². The Balaban J connectivity index is 1.80. The van der Waals surface area contributed by atoms with Crippen LogP contribution in [-0.2, 0) is 0 Å². The summed E-state index contributed by atoms with van der Waals surface area (Å²) in [5.41, 5.74) is 1.78. The van der Waals surface area contributed by atoms with Crippen LogP contribution in [0.2, 0.25) is 0 Å². The van der Waals surface area contributed by atoms with Crippen LogP contribution in [0.1, 0.15) is 0 Å². The Bertz CT molecular complexity index is 647. The molecule has 0 amide bonds. The van der Waals surface area contributed by atoms with Crippen LogP contribution < -0.4 is 10.0 Å². The fourth-order valence-corrected chi connectivity index (χ4v) is 3.64. The molecule has 7 heteroatoms. The third kappa shape index (κ3) is 2.43. The van der Waals surface area contributed by atoms with E-state index in [1.807, 2.05) is 19.3 Å². The van der Waals surface area contributed by atoms with Gasteiger partial charge in [-0.3, -0.25) is 0 Å². The van der Waals surface area contributed by atoms with Crippen molar-refractivity contribution in [2.75, 3.05) is 17.1 Å². The molecule has 0 saturated heterocycles. The summed E-state index contributed by atoms with van der Waals surface area (Å²) >= 11 is 4.92. The maximum absolute atomic E-state index is 4.35. The Kier molecular flexibility index (Phi) is 3.35. The van der Waals surface area contributed by atoms with Crippen LogP contribution >= 0.6 is 34.6 Å². The smallest absolute Gasteiger partial charge is 0.185 e. The highest BCUT2D eigenvalue weighted by molar-refractivity contribution is 8.02. The van der Waals surface area contributed by atoms with Crippen LogP contribution in [0.25, 0.3) is 10.3 Å². The van der Waals surface area contributed by atoms with E-state index in [1.54, 1.807) is 34.6 Å². The second-order valence-electron chi connectivity index (χ2n) is 3.45. The summed E-state index contributed by atoms with van der Waals surface area (Å²) < 4.78 is 5.60. The highest BCUT2D eigenvalue weighted by atomic mass is 32.2. The Hall–Kier alpha value is -1.31. The zero-order valence-corrected chi connectivity index (χ0v) is 12.0. The highest BCUT2D eigenvalue weighted by Gasteiger charge is 2.05. The Labute approximate surface area is 117 Å². The molecule has 0 unspecified atom stereocenters. The second-order valence-corrected chi connectivity index (χ2v) is 6.54. The number of thiazole rings is 1. The molecule has 0 aliphatic rings. The first-order valence-electron chi connectivity index (χ1n) is 5.26. The molecule has 0 aliphatic carbocycles. The third-order valence-corrected chi connectivity index (χ3v) is 5.11. The van der Waals surface area contributed by atoms with Crippen LogP contribution in [0.4, 0.5) is 10.8 Å². The number of rotatable bonds is 4. The van der Waals surface area contributed by atoms with Gasteiger partial charge in [0.05, 0.1) is 20.8 Å². The molecule has 0 atom stereocenters. The van der Waals surface area contributed by atoms with Gasteiger partial charge in [0.2, 0.25) is 0 Å². The van der Waals surface area contributed by atoms with Crippen molar-refractivity contribution >= 4 is 55.8 Å². The van der Waals surface area contributed by atoms with Gasteiger partial charge >= 0.3 is 0 Å². The summed E-state index contributed by atoms with van der Waals surface area (Å²) in [4.78, 5) is 8.68. The van der Waals surface area contributed by atoms with Crippen LogP contribution in [0.15, 0.2) is 34.0 Å². The second kappa shape index (κ2) is 5.13. The lowest BCUT2D eigenvalue weighted by Crippen LogP contribution is -1.87. The number of aromatic nitrogens is 2. The van der Waals surface area contributed by atoms with Gasteiger partial charge in [0.25, 0.3) is 0 Å². The van der Waals surface area contributed by atoms with Crippen molar-refractivity contribution < 1.29 is 0 Å². The fraction of sp³-hybridized carbons (Fsp3) is 0.0909. The molecule has 3 heterocycles. The van der Waals surface area contributed by atoms with Crippen molar-refractivity contribution in [1.29, 1.82) is 0 Å². The molecule has 92 valence electrons. The van der Waals surface area contributed by atoms with Crippen LogP contribution in [0, 0.1) is 0 Å². The molecular weight excluding hydrogens is 284 g/mol. The number of nitrogens with zero attached hydrogens (tertiary/aromatic N) is 2. The zero-order chi connectivity index (χ0) is 12.4. The van der Waals surface area contributed by atoms with Crippen LogP contribution in [-0.4, -0.2) is 17.0 Å². The average Bonchev–Trinajstić information content (AvgIpc) is 3.04. The van der Waals surface area contributed by atoms with Gasteiger partial charge < -0.3 is 10.0 Å². The lowest BCUT2D eigenvalue weighted by Gasteiger charge is -2.02. The zero-order valence-electron chi connectivity index (χ0n) is 9.51. The topological polar surface area (TPSA) is 49.8 Å². The molecule has 0 radical (unpaired) electrons. The SMILES string of the molecule is CNc1nc2ncc(NSc3cccs3)cc2s1. The minimum absolute atomic E-state index is 0.788. The minimum atomic E-state index is 0.788. The maximum Gasteiger partial charge on any atom is 0.185 e. The van der Waals surface area contributed by atoms with E-state index < -0.39 is 0 Å². The summed E-state index contributed by atoms with van der Waals surface area (Å²) in [6, 6.07) is 6.19. The van der Waals surface area contributed by atoms with Gasteiger partial charge in [-0.15, -0.1) is 11.3 Å². The molecule has 0 saturated carbocycles. The Morgan fingerprint density at radius 1 is 1.39 bits per heavy atom. The van der Waals surface area contributed by atoms with E-state index >= 15 is 0 Å². The van der Waals surface area contributed by atoms with Gasteiger partial charge in [-0.2, -0.15) is 0 Å². The van der Waals surface area contributed by atoms with Crippen molar-refractivity contribution in [3.63, 3.8) is 0 Å². The maximum atomic E-state index is 4.35. The van der Waals surface area contributed by atoms with Crippen LogP contribution in [0.3, 0.4) is 0 Å². The van der Waals surface area contributed by atoms with Gasteiger partial charge in [0.1, 0.15) is 0 Å². The predicted octanol–water partition coefficient (Wildman–Crippen LogP) is 3.91. The van der Waals surface area contributed by atoms with Crippen molar-refractivity contribution in [3.8, 4) is 0 Å². The first kappa shape index (κ1) is 11.8. The average molecular weight is 294 g/mol. The van der Waals surface area contributed by atoms with E-state index in [2.05, 4.69) is 37.5 Å². The number of fused-ring (bicyclic) bond motifs is 1. The Morgan fingerprint density at radius 2 is 2.33 bits per heavy atom. The number of hydrogen-bond acceptors (Lipinski definition) is 7. The summed E-state index contributed by atoms with van der Waals surface area (Å²) in [6.45, 7) is 0. The van der Waals surface area contributed by atoms with Crippen molar-refractivity contribution in [2.24, 2.45) is 0 Å². The molecule has 0 fully saturated rings. The number of anilines is 2. The molecule has 18 heavy (non-hydrogen) atoms. The summed E-state index contributed by atoms with van der Waals surface area (Å²) in [5, 5.41) is 5.99. The molecule has 0 aliphatic heterocycles. The van der Waals surface area contributed by atoms with Crippen LogP contribution in [0.5, 0.6) is 0 Å².